The van der Waals surface area contributed by atoms with Gasteiger partial charge >= 0.3 is 12.0 Å². The number of hydrogen-bond donors (Lipinski definition) is 2. The zero-order valence-corrected chi connectivity index (χ0v) is 14.5. The van der Waals surface area contributed by atoms with E-state index in [2.05, 4.69) is 10.6 Å². The lowest BCUT2D eigenvalue weighted by Crippen LogP contribution is -2.45. The third-order valence-electron chi connectivity index (χ3n) is 4.47. The van der Waals surface area contributed by atoms with Crippen LogP contribution >= 0.6 is 0 Å². The Morgan fingerprint density at radius 3 is 2.22 bits per heavy atom. The van der Waals surface area contributed by atoms with Crippen molar-refractivity contribution in [2.75, 3.05) is 13.2 Å². The van der Waals surface area contributed by atoms with Gasteiger partial charge in [0.25, 0.3) is 17.7 Å². The van der Waals surface area contributed by atoms with Crippen LogP contribution < -0.4 is 10.6 Å². The Kier molecular flexibility index (Phi) is 5.49. The number of nitrogens with one attached hydrogen (secondary N) is 2. The molecule has 1 aliphatic heterocycles. The summed E-state index contributed by atoms with van der Waals surface area (Å²) in [7, 11) is 0. The highest BCUT2D eigenvalue weighted by Crippen LogP contribution is 2.22. The largest absolute Gasteiger partial charge is 0.454 e. The summed E-state index contributed by atoms with van der Waals surface area (Å²) in [5.74, 6) is -2.89. The van der Waals surface area contributed by atoms with Gasteiger partial charge in [0.05, 0.1) is 11.1 Å². The number of esters is 1. The van der Waals surface area contributed by atoms with E-state index in [1.807, 2.05) is 0 Å². The van der Waals surface area contributed by atoms with Crippen LogP contribution in [0.4, 0.5) is 4.79 Å². The molecule has 0 unspecified atom stereocenters. The van der Waals surface area contributed by atoms with Gasteiger partial charge in [0.2, 0.25) is 0 Å². The first-order chi connectivity index (χ1) is 13.0. The minimum atomic E-state index is -0.921. The molecule has 0 atom stereocenters. The molecule has 9 heteroatoms. The molecule has 1 aromatic rings. The second-order valence-electron chi connectivity index (χ2n) is 6.41. The number of ether oxygens (including phenoxy) is 1. The molecule has 2 N–H and O–H groups in total. The van der Waals surface area contributed by atoms with E-state index in [1.165, 1.54) is 12.1 Å². The lowest BCUT2D eigenvalue weighted by Gasteiger charge is -2.14. The Balaban J connectivity index is 1.43. The van der Waals surface area contributed by atoms with Gasteiger partial charge in [-0.3, -0.25) is 29.4 Å². The quantitative estimate of drug-likeness (QED) is 0.576. The van der Waals surface area contributed by atoms with Gasteiger partial charge in [-0.25, -0.2) is 4.79 Å². The van der Waals surface area contributed by atoms with Crippen molar-refractivity contribution in [2.45, 2.75) is 31.7 Å². The van der Waals surface area contributed by atoms with Gasteiger partial charge in [-0.2, -0.15) is 0 Å². The van der Waals surface area contributed by atoms with E-state index in [9.17, 15) is 24.0 Å². The number of fused-ring (bicyclic) bond motifs is 1. The third-order valence-corrected chi connectivity index (χ3v) is 4.47. The maximum absolute atomic E-state index is 12.2. The minimum Gasteiger partial charge on any atom is -0.454 e. The van der Waals surface area contributed by atoms with Crippen LogP contribution in [0.15, 0.2) is 24.3 Å². The normalized spacial score (nSPS) is 16.2. The van der Waals surface area contributed by atoms with Gasteiger partial charge in [-0.1, -0.05) is 25.0 Å². The molecule has 1 aromatic carbocycles. The predicted octanol–water partition coefficient (Wildman–Crippen LogP) is 0.594. The molecule has 0 spiro atoms. The number of benzene rings is 1. The summed E-state index contributed by atoms with van der Waals surface area (Å²) in [4.78, 5) is 60.3. The molecule has 9 nitrogen and oxygen atoms in total. The second-order valence-corrected chi connectivity index (χ2v) is 6.41. The number of rotatable bonds is 5. The van der Waals surface area contributed by atoms with E-state index in [4.69, 9.17) is 4.74 Å². The van der Waals surface area contributed by atoms with Crippen LogP contribution in [0.2, 0.25) is 0 Å². The van der Waals surface area contributed by atoms with Gasteiger partial charge in [0.1, 0.15) is 6.54 Å². The molecule has 0 aromatic heterocycles. The standard InChI is InChI=1S/C18H19N3O6/c22-14(20-18(26)19-11-5-1-2-6-11)10-27-15(23)9-21-16(24)12-7-3-4-8-13(12)17(21)25/h3-4,7-8,11H,1-2,5-6,9-10H2,(H2,19,20,22,26). The van der Waals surface area contributed by atoms with E-state index in [-0.39, 0.29) is 17.2 Å². The molecule has 1 fully saturated rings. The number of amides is 5. The fourth-order valence-electron chi connectivity index (χ4n) is 3.16. The molecule has 0 bridgehead atoms. The zero-order chi connectivity index (χ0) is 19.4. The van der Waals surface area contributed by atoms with Crippen molar-refractivity contribution in [3.05, 3.63) is 35.4 Å². The number of imide groups is 2. The van der Waals surface area contributed by atoms with Crippen LogP contribution in [-0.2, 0) is 14.3 Å². The highest BCUT2D eigenvalue weighted by molar-refractivity contribution is 6.22. The lowest BCUT2D eigenvalue weighted by atomic mass is 10.1. The van der Waals surface area contributed by atoms with Crippen molar-refractivity contribution in [3.8, 4) is 0 Å². The topological polar surface area (TPSA) is 122 Å². The van der Waals surface area contributed by atoms with Crippen LogP contribution in [-0.4, -0.2) is 53.8 Å². The first-order valence-electron chi connectivity index (χ1n) is 8.67. The average Bonchev–Trinajstić information content (AvgIpc) is 3.23. The maximum Gasteiger partial charge on any atom is 0.326 e. The maximum atomic E-state index is 12.2. The molecule has 142 valence electrons. The Morgan fingerprint density at radius 2 is 1.63 bits per heavy atom. The van der Waals surface area contributed by atoms with Crippen molar-refractivity contribution >= 4 is 29.7 Å². The van der Waals surface area contributed by atoms with E-state index >= 15 is 0 Å². The van der Waals surface area contributed by atoms with Gasteiger partial charge < -0.3 is 10.1 Å². The zero-order valence-electron chi connectivity index (χ0n) is 14.5. The second kappa shape index (κ2) is 7.98. The highest BCUT2D eigenvalue weighted by atomic mass is 16.5. The summed E-state index contributed by atoms with van der Waals surface area (Å²) in [5.41, 5.74) is 0.438. The van der Waals surface area contributed by atoms with E-state index in [1.54, 1.807) is 12.1 Å². The van der Waals surface area contributed by atoms with Crippen molar-refractivity contribution in [1.29, 1.82) is 0 Å². The average molecular weight is 373 g/mol. The van der Waals surface area contributed by atoms with E-state index in [0.29, 0.717) is 0 Å². The summed E-state index contributed by atoms with van der Waals surface area (Å²) >= 11 is 0. The van der Waals surface area contributed by atoms with Crippen LogP contribution in [0.1, 0.15) is 46.4 Å². The molecule has 27 heavy (non-hydrogen) atoms. The molecule has 3 rings (SSSR count). The van der Waals surface area contributed by atoms with Gasteiger partial charge in [-0.05, 0) is 25.0 Å². The molecule has 5 amide bonds. The number of hydrogen-bond acceptors (Lipinski definition) is 6. The smallest absolute Gasteiger partial charge is 0.326 e. The fourth-order valence-corrected chi connectivity index (χ4v) is 3.16. The summed E-state index contributed by atoms with van der Waals surface area (Å²) in [5, 5.41) is 4.74. The monoisotopic (exact) mass is 373 g/mol. The fraction of sp³-hybridized carbons (Fsp3) is 0.389. The van der Waals surface area contributed by atoms with Crippen molar-refractivity contribution < 1.29 is 28.7 Å². The molecule has 1 saturated carbocycles. The summed E-state index contributed by atoms with van der Waals surface area (Å²) in [6.07, 6.45) is 3.82. The Labute approximate surface area is 155 Å². The SMILES string of the molecule is O=C(COC(=O)CN1C(=O)c2ccccc2C1=O)NC(=O)NC1CCCC1. The molecule has 0 saturated heterocycles. The van der Waals surface area contributed by atoms with Crippen molar-refractivity contribution in [2.24, 2.45) is 0 Å². The summed E-state index contributed by atoms with van der Waals surface area (Å²) in [6, 6.07) is 5.64. The minimum absolute atomic E-state index is 0.0502. The van der Waals surface area contributed by atoms with Gasteiger partial charge in [0, 0.05) is 6.04 Å². The van der Waals surface area contributed by atoms with Crippen LogP contribution in [0.5, 0.6) is 0 Å². The Bertz CT molecular complexity index is 765. The Morgan fingerprint density at radius 1 is 1.04 bits per heavy atom. The van der Waals surface area contributed by atoms with Crippen LogP contribution in [0, 0.1) is 0 Å². The van der Waals surface area contributed by atoms with Gasteiger partial charge in [0.15, 0.2) is 6.61 Å². The number of carbonyl (C=O) groups excluding carboxylic acids is 5. The van der Waals surface area contributed by atoms with Gasteiger partial charge in [-0.15, -0.1) is 0 Å². The number of nitrogens with zero attached hydrogens (tertiary/aromatic N) is 1. The first kappa shape index (κ1) is 18.6. The highest BCUT2D eigenvalue weighted by Gasteiger charge is 2.36. The first-order valence-corrected chi connectivity index (χ1v) is 8.67. The van der Waals surface area contributed by atoms with Crippen molar-refractivity contribution in [1.82, 2.24) is 15.5 Å². The summed E-state index contributed by atoms with van der Waals surface area (Å²) in [6.45, 7) is -1.28. The van der Waals surface area contributed by atoms with Crippen LogP contribution in [0.3, 0.4) is 0 Å². The molecule has 1 aliphatic carbocycles. The van der Waals surface area contributed by atoms with Crippen molar-refractivity contribution in [3.63, 3.8) is 0 Å². The van der Waals surface area contributed by atoms with E-state index < -0.39 is 42.9 Å². The third kappa shape index (κ3) is 4.30. The predicted molar refractivity (Wildman–Crippen MR) is 91.7 cm³/mol. The number of carbonyl (C=O) groups is 5. The molecule has 1 heterocycles. The molecular formula is C18H19N3O6. The van der Waals surface area contributed by atoms with E-state index in [0.717, 1.165) is 30.6 Å². The van der Waals surface area contributed by atoms with Crippen LogP contribution in [0.25, 0.3) is 0 Å². The molecule has 2 aliphatic rings. The lowest BCUT2D eigenvalue weighted by molar-refractivity contribution is -0.148. The summed E-state index contributed by atoms with van der Waals surface area (Å²) < 4.78 is 4.76. The molecule has 0 radical (unpaired) electrons. The Hall–Kier alpha value is -3.23. The number of urea groups is 1. The molecular weight excluding hydrogens is 354 g/mol.